The van der Waals surface area contributed by atoms with Crippen molar-refractivity contribution in [3.63, 3.8) is 0 Å². The van der Waals surface area contributed by atoms with Crippen molar-refractivity contribution in [3.05, 3.63) is 23.5 Å². The van der Waals surface area contributed by atoms with Crippen LogP contribution in [0.15, 0.2) is 12.3 Å². The Morgan fingerprint density at radius 2 is 1.81 bits per heavy atom. The zero-order valence-corrected chi connectivity index (χ0v) is 12.6. The second kappa shape index (κ2) is 4.46. The molecule has 112 valence electrons. The summed E-state index contributed by atoms with van der Waals surface area (Å²) in [6.45, 7) is 1.89. The number of rotatable bonds is 2. The van der Waals surface area contributed by atoms with Gasteiger partial charge in [-0.05, 0) is 69.3 Å². The molecule has 5 rings (SSSR count). The van der Waals surface area contributed by atoms with Crippen molar-refractivity contribution in [2.24, 2.45) is 17.8 Å². The van der Waals surface area contributed by atoms with Gasteiger partial charge in [-0.25, -0.2) is 0 Å². The van der Waals surface area contributed by atoms with E-state index < -0.39 is 0 Å². The summed E-state index contributed by atoms with van der Waals surface area (Å²) in [6.07, 6.45) is 9.22. The van der Waals surface area contributed by atoms with E-state index in [1.807, 2.05) is 6.92 Å². The van der Waals surface area contributed by atoms with Crippen LogP contribution in [-0.2, 0) is 0 Å². The lowest BCUT2D eigenvalue weighted by atomic mass is 9.53. The third-order valence-electron chi connectivity index (χ3n) is 5.73. The van der Waals surface area contributed by atoms with Crippen LogP contribution in [-0.4, -0.2) is 16.4 Å². The molecule has 1 heterocycles. The number of nitrogen functional groups attached to an aromatic ring is 1. The van der Waals surface area contributed by atoms with E-state index in [0.717, 1.165) is 42.7 Å². The number of carbonyl (C=O) groups excluding carboxylic acids is 1. The summed E-state index contributed by atoms with van der Waals surface area (Å²) < 4.78 is 0. The fraction of sp³-hybridized carbons (Fsp3) is 0.647. The van der Waals surface area contributed by atoms with E-state index in [1.165, 1.54) is 19.3 Å². The Morgan fingerprint density at radius 1 is 1.24 bits per heavy atom. The van der Waals surface area contributed by atoms with Gasteiger partial charge in [-0.15, -0.1) is 0 Å². The first kappa shape index (κ1) is 13.1. The zero-order chi connectivity index (χ0) is 14.6. The molecule has 21 heavy (non-hydrogen) atoms. The molecule has 4 nitrogen and oxygen atoms in total. The molecular weight excluding hydrogens is 262 g/mol. The molecule has 1 aromatic heterocycles. The van der Waals surface area contributed by atoms with Gasteiger partial charge in [0.05, 0.1) is 5.56 Å². The molecule has 4 bridgehead atoms. The first-order valence-corrected chi connectivity index (χ1v) is 8.08. The zero-order valence-electron chi connectivity index (χ0n) is 12.6. The van der Waals surface area contributed by atoms with Gasteiger partial charge < -0.3 is 11.1 Å². The van der Waals surface area contributed by atoms with Crippen molar-refractivity contribution < 1.29 is 4.79 Å². The Balaban J connectivity index is 1.57. The Labute approximate surface area is 125 Å². The number of anilines is 1. The number of amides is 1. The normalized spacial score (nSPS) is 36.7. The molecule has 0 aliphatic heterocycles. The lowest BCUT2D eigenvalue weighted by Gasteiger charge is -2.56. The second-order valence-corrected chi connectivity index (χ2v) is 7.56. The summed E-state index contributed by atoms with van der Waals surface area (Å²) in [6, 6.07) is 1.77. The molecule has 3 N–H and O–H groups in total. The van der Waals surface area contributed by atoms with Gasteiger partial charge in [-0.3, -0.25) is 9.78 Å². The monoisotopic (exact) mass is 285 g/mol. The Kier molecular flexibility index (Phi) is 2.78. The van der Waals surface area contributed by atoms with Crippen molar-refractivity contribution in [3.8, 4) is 0 Å². The topological polar surface area (TPSA) is 68.0 Å². The first-order chi connectivity index (χ1) is 10.0. The molecule has 0 aromatic carbocycles. The highest BCUT2D eigenvalue weighted by Gasteiger charge is 2.51. The van der Waals surface area contributed by atoms with Crippen LogP contribution >= 0.6 is 0 Å². The Hall–Kier alpha value is -1.58. The number of carbonyl (C=O) groups is 1. The van der Waals surface area contributed by atoms with Gasteiger partial charge in [0.25, 0.3) is 5.91 Å². The molecule has 0 spiro atoms. The van der Waals surface area contributed by atoms with Crippen molar-refractivity contribution in [2.75, 3.05) is 5.73 Å². The lowest BCUT2D eigenvalue weighted by Crippen LogP contribution is -2.59. The smallest absolute Gasteiger partial charge is 0.255 e. The maximum atomic E-state index is 12.6. The van der Waals surface area contributed by atoms with E-state index >= 15 is 0 Å². The van der Waals surface area contributed by atoms with E-state index in [1.54, 1.807) is 12.3 Å². The SMILES string of the molecule is Cc1cc(N)c(C(=O)NC23CC4CC(CC(C4)C2)C3)cn1. The lowest BCUT2D eigenvalue weighted by molar-refractivity contribution is -0.0166. The van der Waals surface area contributed by atoms with Gasteiger partial charge in [0.15, 0.2) is 0 Å². The highest BCUT2D eigenvalue weighted by Crippen LogP contribution is 2.55. The van der Waals surface area contributed by atoms with Crippen LogP contribution in [0.2, 0.25) is 0 Å². The van der Waals surface area contributed by atoms with Crippen LogP contribution in [0.25, 0.3) is 0 Å². The third-order valence-corrected chi connectivity index (χ3v) is 5.73. The number of nitrogens with two attached hydrogens (primary N) is 1. The molecule has 0 radical (unpaired) electrons. The number of hydrogen-bond donors (Lipinski definition) is 2. The highest BCUT2D eigenvalue weighted by atomic mass is 16.1. The minimum Gasteiger partial charge on any atom is -0.398 e. The molecule has 4 aliphatic rings. The summed E-state index contributed by atoms with van der Waals surface area (Å²) >= 11 is 0. The van der Waals surface area contributed by atoms with Gasteiger partial charge in [0, 0.05) is 23.1 Å². The second-order valence-electron chi connectivity index (χ2n) is 7.56. The van der Waals surface area contributed by atoms with Gasteiger partial charge in [-0.2, -0.15) is 0 Å². The summed E-state index contributed by atoms with van der Waals surface area (Å²) in [4.78, 5) is 16.8. The van der Waals surface area contributed by atoms with Crippen molar-refractivity contribution in [1.29, 1.82) is 0 Å². The minimum absolute atomic E-state index is 0.0309. The standard InChI is InChI=1S/C17H23N3O/c1-10-2-15(18)14(9-19-10)16(21)20-17-6-11-3-12(7-17)5-13(4-11)8-17/h2,9,11-13H,3-8H2,1H3,(H2,18,19)(H,20,21). The number of aryl methyl sites for hydroxylation is 1. The van der Waals surface area contributed by atoms with Crippen LogP contribution in [0.4, 0.5) is 5.69 Å². The van der Waals surface area contributed by atoms with Crippen molar-refractivity contribution >= 4 is 11.6 Å². The average Bonchev–Trinajstić information content (AvgIpc) is 2.35. The van der Waals surface area contributed by atoms with Crippen LogP contribution in [0.3, 0.4) is 0 Å². The van der Waals surface area contributed by atoms with Crippen LogP contribution in [0, 0.1) is 24.7 Å². The van der Waals surface area contributed by atoms with Gasteiger partial charge in [-0.1, -0.05) is 0 Å². The molecule has 4 aliphatic carbocycles. The van der Waals surface area contributed by atoms with E-state index in [-0.39, 0.29) is 11.4 Å². The molecule has 1 amide bonds. The average molecular weight is 285 g/mol. The molecule has 4 saturated carbocycles. The first-order valence-electron chi connectivity index (χ1n) is 8.08. The quantitative estimate of drug-likeness (QED) is 0.878. The molecule has 1 aromatic rings. The van der Waals surface area contributed by atoms with Crippen LogP contribution < -0.4 is 11.1 Å². The number of pyridine rings is 1. The Bertz CT molecular complexity index is 560. The number of nitrogens with one attached hydrogen (secondary N) is 1. The van der Waals surface area contributed by atoms with E-state index in [0.29, 0.717) is 11.3 Å². The predicted octanol–water partition coefficient (Wildman–Crippen LogP) is 2.67. The van der Waals surface area contributed by atoms with E-state index in [2.05, 4.69) is 10.3 Å². The molecule has 0 unspecified atom stereocenters. The van der Waals surface area contributed by atoms with Gasteiger partial charge in [0.2, 0.25) is 0 Å². The van der Waals surface area contributed by atoms with Crippen molar-refractivity contribution in [1.82, 2.24) is 10.3 Å². The van der Waals surface area contributed by atoms with E-state index in [9.17, 15) is 4.79 Å². The number of hydrogen-bond acceptors (Lipinski definition) is 3. The summed E-state index contributed by atoms with van der Waals surface area (Å²) in [7, 11) is 0. The predicted molar refractivity (Wildman–Crippen MR) is 81.8 cm³/mol. The fourth-order valence-electron chi connectivity index (χ4n) is 5.34. The highest BCUT2D eigenvalue weighted by molar-refractivity contribution is 5.99. The Morgan fingerprint density at radius 3 is 2.33 bits per heavy atom. The molecule has 0 atom stereocenters. The fourth-order valence-corrected chi connectivity index (χ4v) is 5.34. The maximum Gasteiger partial charge on any atom is 0.255 e. The molecule has 0 saturated heterocycles. The van der Waals surface area contributed by atoms with Crippen molar-refractivity contribution in [2.45, 2.75) is 51.0 Å². The summed E-state index contributed by atoms with van der Waals surface area (Å²) in [5, 5.41) is 3.34. The summed E-state index contributed by atoms with van der Waals surface area (Å²) in [5.41, 5.74) is 7.92. The number of aromatic nitrogens is 1. The molecule has 4 fully saturated rings. The van der Waals surface area contributed by atoms with Crippen LogP contribution in [0.1, 0.15) is 54.6 Å². The number of nitrogens with zero attached hydrogens (tertiary/aromatic N) is 1. The van der Waals surface area contributed by atoms with E-state index in [4.69, 9.17) is 5.73 Å². The maximum absolute atomic E-state index is 12.6. The molecule has 4 heteroatoms. The van der Waals surface area contributed by atoms with Gasteiger partial charge in [0.1, 0.15) is 0 Å². The third kappa shape index (κ3) is 2.21. The van der Waals surface area contributed by atoms with Crippen LogP contribution in [0.5, 0.6) is 0 Å². The summed E-state index contributed by atoms with van der Waals surface area (Å²) in [5.74, 6) is 2.43. The minimum atomic E-state index is -0.0399. The van der Waals surface area contributed by atoms with Gasteiger partial charge >= 0.3 is 0 Å². The molecular formula is C17H23N3O. The largest absolute Gasteiger partial charge is 0.398 e.